The molecule has 1 N–H and O–H groups in total. The lowest BCUT2D eigenvalue weighted by atomic mass is 9.90. The lowest BCUT2D eigenvalue weighted by Gasteiger charge is -2.22. The molecule has 0 heterocycles. The largest absolute Gasteiger partial charge is 0.386 e. The monoisotopic (exact) mass is 248 g/mol. The van der Waals surface area contributed by atoms with Crippen LogP contribution in [0.2, 0.25) is 0 Å². The van der Waals surface area contributed by atoms with Crippen LogP contribution in [0.4, 0.5) is 0 Å². The van der Waals surface area contributed by atoms with E-state index in [9.17, 15) is 5.11 Å². The molecule has 1 saturated carbocycles. The van der Waals surface area contributed by atoms with Gasteiger partial charge in [-0.25, -0.2) is 0 Å². The summed E-state index contributed by atoms with van der Waals surface area (Å²) >= 11 is 0. The second-order valence-corrected chi connectivity index (χ2v) is 5.47. The Hall–Kier alpha value is -0.860. The number of aryl methyl sites for hydroxylation is 1. The van der Waals surface area contributed by atoms with Gasteiger partial charge in [0.15, 0.2) is 0 Å². The van der Waals surface area contributed by atoms with Gasteiger partial charge in [-0.05, 0) is 31.2 Å². The Morgan fingerprint density at radius 2 is 1.83 bits per heavy atom. The average molecular weight is 248 g/mol. The molecule has 100 valence electrons. The van der Waals surface area contributed by atoms with Gasteiger partial charge >= 0.3 is 0 Å². The highest BCUT2D eigenvalue weighted by atomic mass is 16.5. The number of rotatable bonds is 5. The van der Waals surface area contributed by atoms with E-state index in [4.69, 9.17) is 4.74 Å². The van der Waals surface area contributed by atoms with Gasteiger partial charge in [0.1, 0.15) is 6.10 Å². The molecule has 0 aliphatic heterocycles. The minimum absolute atomic E-state index is 0.416. The Balaban J connectivity index is 1.70. The normalized spacial score (nSPS) is 18.8. The molecule has 1 aromatic carbocycles. The van der Waals surface area contributed by atoms with Crippen LogP contribution in [0.3, 0.4) is 0 Å². The summed E-state index contributed by atoms with van der Waals surface area (Å²) in [5.74, 6) is 0.712. The summed E-state index contributed by atoms with van der Waals surface area (Å²) in [7, 11) is 0. The Labute approximate surface area is 110 Å². The smallest absolute Gasteiger partial charge is 0.102 e. The van der Waals surface area contributed by atoms with Crippen LogP contribution in [-0.4, -0.2) is 18.3 Å². The van der Waals surface area contributed by atoms with Gasteiger partial charge in [0.05, 0.1) is 6.61 Å². The van der Waals surface area contributed by atoms with Crippen LogP contribution in [-0.2, 0) is 4.74 Å². The number of hydrogen-bond acceptors (Lipinski definition) is 2. The van der Waals surface area contributed by atoms with Gasteiger partial charge < -0.3 is 9.84 Å². The molecule has 0 radical (unpaired) electrons. The molecule has 1 aromatic rings. The highest BCUT2D eigenvalue weighted by Gasteiger charge is 2.14. The third kappa shape index (κ3) is 4.11. The lowest BCUT2D eigenvalue weighted by molar-refractivity contribution is 0.0146. The van der Waals surface area contributed by atoms with Crippen molar-refractivity contribution in [1.82, 2.24) is 0 Å². The van der Waals surface area contributed by atoms with Crippen LogP contribution >= 0.6 is 0 Å². The highest BCUT2D eigenvalue weighted by molar-refractivity contribution is 5.23. The summed E-state index contributed by atoms with van der Waals surface area (Å²) in [6, 6.07) is 8.01. The highest BCUT2D eigenvalue weighted by Crippen LogP contribution is 2.24. The summed E-state index contributed by atoms with van der Waals surface area (Å²) in [4.78, 5) is 0. The Morgan fingerprint density at radius 3 is 2.50 bits per heavy atom. The van der Waals surface area contributed by atoms with Crippen molar-refractivity contribution in [3.05, 3.63) is 35.4 Å². The fourth-order valence-electron chi connectivity index (χ4n) is 2.58. The summed E-state index contributed by atoms with van der Waals surface area (Å²) in [5.41, 5.74) is 2.17. The van der Waals surface area contributed by atoms with Crippen molar-refractivity contribution in [3.63, 3.8) is 0 Å². The first kappa shape index (κ1) is 13.6. The van der Waals surface area contributed by atoms with E-state index in [1.165, 1.54) is 37.7 Å². The number of hydrogen-bond donors (Lipinski definition) is 1. The molecule has 2 nitrogen and oxygen atoms in total. The van der Waals surface area contributed by atoms with Gasteiger partial charge in [-0.2, -0.15) is 0 Å². The summed E-state index contributed by atoms with van der Waals surface area (Å²) in [6.45, 7) is 3.28. The van der Waals surface area contributed by atoms with Crippen LogP contribution in [0.15, 0.2) is 24.3 Å². The molecule has 0 spiro atoms. The zero-order chi connectivity index (χ0) is 12.8. The van der Waals surface area contributed by atoms with Gasteiger partial charge in [-0.1, -0.05) is 49.1 Å². The van der Waals surface area contributed by atoms with Crippen molar-refractivity contribution in [2.24, 2.45) is 5.92 Å². The topological polar surface area (TPSA) is 29.5 Å². The van der Waals surface area contributed by atoms with Crippen molar-refractivity contribution >= 4 is 0 Å². The number of ether oxygens (including phenoxy) is 1. The van der Waals surface area contributed by atoms with E-state index in [0.29, 0.717) is 12.5 Å². The Bertz CT molecular complexity index is 339. The van der Waals surface area contributed by atoms with Gasteiger partial charge in [0.25, 0.3) is 0 Å². The molecular weight excluding hydrogens is 224 g/mol. The second-order valence-electron chi connectivity index (χ2n) is 5.47. The molecule has 2 rings (SSSR count). The predicted octanol–water partition coefficient (Wildman–Crippen LogP) is 3.63. The van der Waals surface area contributed by atoms with Crippen molar-refractivity contribution in [2.75, 3.05) is 13.2 Å². The van der Waals surface area contributed by atoms with E-state index in [1.54, 1.807) is 0 Å². The molecule has 0 saturated heterocycles. The van der Waals surface area contributed by atoms with Gasteiger partial charge in [-0.15, -0.1) is 0 Å². The van der Waals surface area contributed by atoms with Crippen LogP contribution in [0.25, 0.3) is 0 Å². The van der Waals surface area contributed by atoms with Gasteiger partial charge in [-0.3, -0.25) is 0 Å². The standard InChI is InChI=1S/C16H24O2/c1-13-7-9-15(10-8-13)16(17)12-18-11-14-5-3-2-4-6-14/h7-10,14,16-17H,2-6,11-12H2,1H3. The summed E-state index contributed by atoms with van der Waals surface area (Å²) < 4.78 is 5.67. The average Bonchev–Trinajstić information content (AvgIpc) is 2.40. The maximum Gasteiger partial charge on any atom is 0.102 e. The predicted molar refractivity (Wildman–Crippen MR) is 73.5 cm³/mol. The molecule has 1 unspecified atom stereocenters. The maximum atomic E-state index is 10.0. The molecule has 2 heteroatoms. The SMILES string of the molecule is Cc1ccc(C(O)COCC2CCCCC2)cc1. The number of aliphatic hydroxyl groups is 1. The number of aliphatic hydroxyl groups excluding tert-OH is 1. The van der Waals surface area contributed by atoms with E-state index < -0.39 is 6.10 Å². The van der Waals surface area contributed by atoms with E-state index in [-0.39, 0.29) is 0 Å². The molecule has 1 aliphatic carbocycles. The fourth-order valence-corrected chi connectivity index (χ4v) is 2.58. The quantitative estimate of drug-likeness (QED) is 0.862. The third-order valence-corrected chi connectivity index (χ3v) is 3.82. The first-order chi connectivity index (χ1) is 8.75. The molecule has 0 aromatic heterocycles. The van der Waals surface area contributed by atoms with Crippen molar-refractivity contribution in [1.29, 1.82) is 0 Å². The molecule has 1 atom stereocenters. The molecule has 0 amide bonds. The van der Waals surface area contributed by atoms with Crippen molar-refractivity contribution in [2.45, 2.75) is 45.1 Å². The molecule has 18 heavy (non-hydrogen) atoms. The van der Waals surface area contributed by atoms with E-state index >= 15 is 0 Å². The zero-order valence-corrected chi connectivity index (χ0v) is 11.3. The first-order valence-corrected chi connectivity index (χ1v) is 7.08. The van der Waals surface area contributed by atoms with Crippen LogP contribution in [0.5, 0.6) is 0 Å². The van der Waals surface area contributed by atoms with Crippen molar-refractivity contribution in [3.8, 4) is 0 Å². The summed E-state index contributed by atoms with van der Waals surface area (Å²) in [5, 5.41) is 10.0. The van der Waals surface area contributed by atoms with E-state index in [1.807, 2.05) is 24.3 Å². The van der Waals surface area contributed by atoms with Crippen LogP contribution in [0.1, 0.15) is 49.3 Å². The minimum Gasteiger partial charge on any atom is -0.386 e. The molecule has 1 aliphatic rings. The number of benzene rings is 1. The molecule has 0 bridgehead atoms. The van der Waals surface area contributed by atoms with E-state index in [2.05, 4.69) is 6.92 Å². The second kappa shape index (κ2) is 6.91. The van der Waals surface area contributed by atoms with Gasteiger partial charge in [0, 0.05) is 6.61 Å². The zero-order valence-electron chi connectivity index (χ0n) is 11.3. The minimum atomic E-state index is -0.491. The van der Waals surface area contributed by atoms with Crippen molar-refractivity contribution < 1.29 is 9.84 Å². The Kier molecular flexibility index (Phi) is 5.21. The van der Waals surface area contributed by atoms with Crippen LogP contribution < -0.4 is 0 Å². The third-order valence-electron chi connectivity index (χ3n) is 3.82. The van der Waals surface area contributed by atoms with Gasteiger partial charge in [0.2, 0.25) is 0 Å². The first-order valence-electron chi connectivity index (χ1n) is 7.08. The van der Waals surface area contributed by atoms with E-state index in [0.717, 1.165) is 12.2 Å². The Morgan fingerprint density at radius 1 is 1.17 bits per heavy atom. The summed E-state index contributed by atoms with van der Waals surface area (Å²) in [6.07, 6.45) is 6.15. The maximum absolute atomic E-state index is 10.0. The molecular formula is C16H24O2. The van der Waals surface area contributed by atoms with Crippen LogP contribution in [0, 0.1) is 12.8 Å². The fraction of sp³-hybridized carbons (Fsp3) is 0.625. The molecule has 1 fully saturated rings. The lowest BCUT2D eigenvalue weighted by Crippen LogP contribution is -2.16.